The number of aryl methyl sites for hydroxylation is 1. The van der Waals surface area contributed by atoms with Gasteiger partial charge in [-0.3, -0.25) is 0 Å². The SMILES string of the molecule is COC(=O)C(CCc1ccccc1)Nc1ccc(Cl)cc1. The highest BCUT2D eigenvalue weighted by atomic mass is 35.5. The minimum absolute atomic E-state index is 0.263. The maximum Gasteiger partial charge on any atom is 0.328 e. The summed E-state index contributed by atoms with van der Waals surface area (Å²) in [6.45, 7) is 0. The zero-order valence-electron chi connectivity index (χ0n) is 11.9. The van der Waals surface area contributed by atoms with E-state index in [2.05, 4.69) is 17.4 Å². The number of esters is 1. The highest BCUT2D eigenvalue weighted by Crippen LogP contribution is 2.16. The van der Waals surface area contributed by atoms with Gasteiger partial charge in [0.2, 0.25) is 0 Å². The van der Waals surface area contributed by atoms with Crippen molar-refractivity contribution in [3.63, 3.8) is 0 Å². The van der Waals surface area contributed by atoms with Crippen molar-refractivity contribution in [2.45, 2.75) is 18.9 Å². The molecule has 0 aliphatic heterocycles. The molecule has 1 unspecified atom stereocenters. The quantitative estimate of drug-likeness (QED) is 0.822. The van der Waals surface area contributed by atoms with Crippen LogP contribution in [0.5, 0.6) is 0 Å². The molecule has 21 heavy (non-hydrogen) atoms. The fraction of sp³-hybridized carbons (Fsp3) is 0.235. The summed E-state index contributed by atoms with van der Waals surface area (Å²) >= 11 is 5.86. The molecule has 0 aliphatic carbocycles. The molecule has 0 saturated heterocycles. The van der Waals surface area contributed by atoms with E-state index in [0.29, 0.717) is 11.4 Å². The lowest BCUT2D eigenvalue weighted by Crippen LogP contribution is -2.31. The normalized spacial score (nSPS) is 11.7. The number of anilines is 1. The molecule has 2 aromatic rings. The van der Waals surface area contributed by atoms with E-state index in [1.54, 1.807) is 12.1 Å². The highest BCUT2D eigenvalue weighted by molar-refractivity contribution is 6.30. The van der Waals surface area contributed by atoms with E-state index >= 15 is 0 Å². The van der Waals surface area contributed by atoms with Crippen LogP contribution in [0.3, 0.4) is 0 Å². The molecule has 1 atom stereocenters. The third-order valence-electron chi connectivity index (χ3n) is 3.24. The third-order valence-corrected chi connectivity index (χ3v) is 3.49. The lowest BCUT2D eigenvalue weighted by molar-refractivity contribution is -0.141. The van der Waals surface area contributed by atoms with Gasteiger partial charge >= 0.3 is 5.97 Å². The Morgan fingerprint density at radius 1 is 1.14 bits per heavy atom. The molecule has 2 rings (SSSR count). The molecule has 110 valence electrons. The average molecular weight is 304 g/mol. The van der Waals surface area contributed by atoms with E-state index in [1.807, 2.05) is 30.3 Å². The van der Waals surface area contributed by atoms with Gasteiger partial charge in [0.1, 0.15) is 6.04 Å². The number of carbonyl (C=O) groups excluding carboxylic acids is 1. The van der Waals surface area contributed by atoms with Crippen molar-refractivity contribution in [1.82, 2.24) is 0 Å². The van der Waals surface area contributed by atoms with Crippen LogP contribution in [-0.2, 0) is 16.0 Å². The maximum atomic E-state index is 11.9. The van der Waals surface area contributed by atoms with Gasteiger partial charge in [-0.05, 0) is 42.7 Å². The van der Waals surface area contributed by atoms with Crippen LogP contribution in [-0.4, -0.2) is 19.1 Å². The van der Waals surface area contributed by atoms with Gasteiger partial charge in [0, 0.05) is 10.7 Å². The lowest BCUT2D eigenvalue weighted by Gasteiger charge is -2.17. The lowest BCUT2D eigenvalue weighted by atomic mass is 10.0. The van der Waals surface area contributed by atoms with Crippen molar-refractivity contribution in [3.05, 3.63) is 65.2 Å². The topological polar surface area (TPSA) is 38.3 Å². The van der Waals surface area contributed by atoms with Gasteiger partial charge in [-0.15, -0.1) is 0 Å². The van der Waals surface area contributed by atoms with Gasteiger partial charge in [0.25, 0.3) is 0 Å². The predicted molar refractivity (Wildman–Crippen MR) is 85.6 cm³/mol. The van der Waals surface area contributed by atoms with Gasteiger partial charge in [-0.1, -0.05) is 41.9 Å². The second-order valence-corrected chi connectivity index (χ2v) is 5.19. The van der Waals surface area contributed by atoms with Gasteiger partial charge in [0.15, 0.2) is 0 Å². The Hall–Kier alpha value is -2.00. The number of ether oxygens (including phenoxy) is 1. The number of hydrogen-bond donors (Lipinski definition) is 1. The molecule has 0 bridgehead atoms. The summed E-state index contributed by atoms with van der Waals surface area (Å²) in [5, 5.41) is 3.86. The summed E-state index contributed by atoms with van der Waals surface area (Å²) in [6, 6.07) is 17.0. The monoisotopic (exact) mass is 303 g/mol. The van der Waals surface area contributed by atoms with E-state index in [9.17, 15) is 4.79 Å². The molecular formula is C17H18ClNO2. The molecule has 0 saturated carbocycles. The summed E-state index contributed by atoms with van der Waals surface area (Å²) in [5.74, 6) is -0.263. The van der Waals surface area contributed by atoms with E-state index in [0.717, 1.165) is 12.1 Å². The second-order valence-electron chi connectivity index (χ2n) is 4.75. The fourth-order valence-electron chi connectivity index (χ4n) is 2.09. The molecule has 0 radical (unpaired) electrons. The zero-order valence-corrected chi connectivity index (χ0v) is 12.6. The first kappa shape index (κ1) is 15.4. The van der Waals surface area contributed by atoms with E-state index in [4.69, 9.17) is 16.3 Å². The van der Waals surface area contributed by atoms with Gasteiger partial charge < -0.3 is 10.1 Å². The van der Waals surface area contributed by atoms with Crippen molar-refractivity contribution in [3.8, 4) is 0 Å². The number of hydrogen-bond acceptors (Lipinski definition) is 3. The van der Waals surface area contributed by atoms with Crippen LogP contribution in [0.4, 0.5) is 5.69 Å². The largest absolute Gasteiger partial charge is 0.467 e. The first-order chi connectivity index (χ1) is 10.2. The molecule has 0 heterocycles. The minimum Gasteiger partial charge on any atom is -0.467 e. The van der Waals surface area contributed by atoms with E-state index < -0.39 is 0 Å². The van der Waals surface area contributed by atoms with Crippen molar-refractivity contribution in [2.75, 3.05) is 12.4 Å². The first-order valence-corrected chi connectivity index (χ1v) is 7.20. The van der Waals surface area contributed by atoms with Gasteiger partial charge in [-0.2, -0.15) is 0 Å². The molecule has 0 aromatic heterocycles. The standard InChI is InChI=1S/C17H18ClNO2/c1-21-17(20)16(12-7-13-5-3-2-4-6-13)19-15-10-8-14(18)9-11-15/h2-6,8-11,16,19H,7,12H2,1H3. The van der Waals surface area contributed by atoms with E-state index in [-0.39, 0.29) is 12.0 Å². The highest BCUT2D eigenvalue weighted by Gasteiger charge is 2.18. The number of methoxy groups -OCH3 is 1. The minimum atomic E-state index is -0.378. The Kier molecular flexibility index (Phi) is 5.64. The number of benzene rings is 2. The number of halogens is 1. The van der Waals surface area contributed by atoms with Crippen LogP contribution in [0.1, 0.15) is 12.0 Å². The zero-order chi connectivity index (χ0) is 15.1. The first-order valence-electron chi connectivity index (χ1n) is 6.83. The van der Waals surface area contributed by atoms with Gasteiger partial charge in [-0.25, -0.2) is 4.79 Å². The summed E-state index contributed by atoms with van der Waals surface area (Å²) in [6.07, 6.45) is 1.47. The summed E-state index contributed by atoms with van der Waals surface area (Å²) in [7, 11) is 1.40. The summed E-state index contributed by atoms with van der Waals surface area (Å²) in [5.41, 5.74) is 2.05. The second kappa shape index (κ2) is 7.70. The molecular weight excluding hydrogens is 286 g/mol. The van der Waals surface area contributed by atoms with Crippen molar-refractivity contribution in [2.24, 2.45) is 0 Å². The Morgan fingerprint density at radius 2 is 1.81 bits per heavy atom. The fourth-order valence-corrected chi connectivity index (χ4v) is 2.22. The number of rotatable bonds is 6. The Morgan fingerprint density at radius 3 is 2.43 bits per heavy atom. The smallest absolute Gasteiger partial charge is 0.328 e. The summed E-state index contributed by atoms with van der Waals surface area (Å²) in [4.78, 5) is 11.9. The van der Waals surface area contributed by atoms with Crippen LogP contribution >= 0.6 is 11.6 Å². The van der Waals surface area contributed by atoms with E-state index in [1.165, 1.54) is 12.7 Å². The Bertz CT molecular complexity index is 569. The van der Waals surface area contributed by atoms with Crippen LogP contribution < -0.4 is 5.32 Å². The molecule has 0 spiro atoms. The molecule has 3 nitrogen and oxygen atoms in total. The van der Waals surface area contributed by atoms with Gasteiger partial charge in [0.05, 0.1) is 7.11 Å². The molecule has 0 fully saturated rings. The maximum absolute atomic E-state index is 11.9. The Balaban J connectivity index is 2.01. The van der Waals surface area contributed by atoms with Crippen LogP contribution in [0.25, 0.3) is 0 Å². The molecule has 2 aromatic carbocycles. The molecule has 1 N–H and O–H groups in total. The summed E-state index contributed by atoms with van der Waals surface area (Å²) < 4.78 is 4.87. The van der Waals surface area contributed by atoms with Crippen LogP contribution in [0, 0.1) is 0 Å². The number of carbonyl (C=O) groups is 1. The average Bonchev–Trinajstić information content (AvgIpc) is 2.53. The molecule has 0 aliphatic rings. The molecule has 0 amide bonds. The van der Waals surface area contributed by atoms with Crippen LogP contribution in [0.2, 0.25) is 5.02 Å². The van der Waals surface area contributed by atoms with Crippen molar-refractivity contribution in [1.29, 1.82) is 0 Å². The number of nitrogens with one attached hydrogen (secondary N) is 1. The molecule has 4 heteroatoms. The van der Waals surface area contributed by atoms with Crippen LogP contribution in [0.15, 0.2) is 54.6 Å². The third kappa shape index (κ3) is 4.80. The van der Waals surface area contributed by atoms with Crippen molar-refractivity contribution < 1.29 is 9.53 Å². The predicted octanol–water partition coefficient (Wildman–Crippen LogP) is 3.93. The van der Waals surface area contributed by atoms with Crippen molar-refractivity contribution >= 4 is 23.3 Å². The Labute approximate surface area is 129 Å².